The lowest BCUT2D eigenvalue weighted by molar-refractivity contribution is -0.138. The molecule has 1 atom stereocenters. The molecule has 0 fully saturated rings. The van der Waals surface area contributed by atoms with Gasteiger partial charge in [0.15, 0.2) is 4.80 Å². The Bertz CT molecular complexity index is 1970. The summed E-state index contributed by atoms with van der Waals surface area (Å²) in [5.41, 5.74) is 2.13. The van der Waals surface area contributed by atoms with E-state index in [1.54, 1.807) is 25.7 Å². The van der Waals surface area contributed by atoms with Gasteiger partial charge in [0.25, 0.3) is 5.56 Å². The van der Waals surface area contributed by atoms with E-state index in [0.717, 1.165) is 26.8 Å². The zero-order valence-corrected chi connectivity index (χ0v) is 24.3. The molecule has 7 nitrogen and oxygen atoms in total. The second kappa shape index (κ2) is 11.2. The van der Waals surface area contributed by atoms with E-state index in [9.17, 15) is 9.59 Å². The first kappa shape index (κ1) is 26.7. The molecular weight excluding hydrogens is 556 g/mol. The summed E-state index contributed by atoms with van der Waals surface area (Å²) in [4.78, 5) is 34.0. The third kappa shape index (κ3) is 4.77. The second-order valence-corrected chi connectivity index (χ2v) is 11.2. The Kier molecular flexibility index (Phi) is 7.30. The van der Waals surface area contributed by atoms with Crippen molar-refractivity contribution in [3.05, 3.63) is 119 Å². The van der Waals surface area contributed by atoms with Gasteiger partial charge in [-0.1, -0.05) is 59.9 Å². The fraction of sp³-hybridized carbons (Fsp3) is 0.156. The topological polar surface area (TPSA) is 79.1 Å². The molecule has 0 amide bonds. The molecule has 41 heavy (non-hydrogen) atoms. The van der Waals surface area contributed by atoms with Crippen LogP contribution in [0.25, 0.3) is 22.5 Å². The van der Waals surface area contributed by atoms with Crippen molar-refractivity contribution < 1.29 is 19.0 Å². The number of carbonyl (C=O) groups is 1. The van der Waals surface area contributed by atoms with Gasteiger partial charge < -0.3 is 14.2 Å². The van der Waals surface area contributed by atoms with Crippen molar-refractivity contribution in [3.8, 4) is 11.5 Å². The van der Waals surface area contributed by atoms with E-state index in [2.05, 4.69) is 0 Å². The van der Waals surface area contributed by atoms with Crippen LogP contribution < -0.4 is 24.4 Å². The molecule has 206 valence electrons. The summed E-state index contributed by atoms with van der Waals surface area (Å²) in [7, 11) is 3.23. The Balaban J connectivity index is 1.66. The van der Waals surface area contributed by atoms with Crippen LogP contribution in [0.1, 0.15) is 29.0 Å². The standard InChI is InChI=1S/C32H26N2O5S2/c1-4-39-31(36)27-28(20-9-6-5-7-10-20)33-32-34(29(27)25-11-8-16-40-25)30(35)26(41-32)18-23-22-17-21(37-2)14-12-19(22)13-15-24(23)38-3/h5-18,29H,4H2,1-3H3/b26-18-. The molecule has 3 heterocycles. The molecule has 1 aliphatic rings. The van der Waals surface area contributed by atoms with E-state index < -0.39 is 12.0 Å². The molecule has 0 N–H and O–H groups in total. The SMILES string of the molecule is CCOC(=O)C1=C(c2ccccc2)N=c2s/c(=C\c3c(OC)ccc4ccc(OC)cc34)c(=O)n2C1c1cccs1. The van der Waals surface area contributed by atoms with Crippen molar-refractivity contribution >= 4 is 51.2 Å². The van der Waals surface area contributed by atoms with E-state index in [4.69, 9.17) is 19.2 Å². The minimum Gasteiger partial charge on any atom is -0.497 e. The van der Waals surface area contributed by atoms with Gasteiger partial charge in [-0.25, -0.2) is 9.79 Å². The number of thiazole rings is 1. The highest BCUT2D eigenvalue weighted by molar-refractivity contribution is 7.10. The Hall–Kier alpha value is -4.47. The first-order valence-electron chi connectivity index (χ1n) is 13.0. The summed E-state index contributed by atoms with van der Waals surface area (Å²) in [5.74, 6) is 0.834. The molecule has 0 radical (unpaired) electrons. The normalized spacial score (nSPS) is 15.0. The summed E-state index contributed by atoms with van der Waals surface area (Å²) in [6.45, 7) is 1.97. The van der Waals surface area contributed by atoms with Crippen molar-refractivity contribution in [1.29, 1.82) is 0 Å². The lowest BCUT2D eigenvalue weighted by Crippen LogP contribution is -2.39. The number of aromatic nitrogens is 1. The maximum Gasteiger partial charge on any atom is 0.338 e. The molecular formula is C32H26N2O5S2. The van der Waals surface area contributed by atoms with E-state index >= 15 is 0 Å². The summed E-state index contributed by atoms with van der Waals surface area (Å²) in [6, 6.07) is 22.4. The quantitative estimate of drug-likeness (QED) is 0.248. The Morgan fingerprint density at radius 3 is 2.54 bits per heavy atom. The number of fused-ring (bicyclic) bond motifs is 2. The third-order valence-corrected chi connectivity index (χ3v) is 8.82. The van der Waals surface area contributed by atoms with Crippen LogP contribution in [-0.4, -0.2) is 31.4 Å². The average molecular weight is 583 g/mol. The minimum atomic E-state index is -0.683. The number of hydrogen-bond donors (Lipinski definition) is 0. The van der Waals surface area contributed by atoms with Crippen LogP contribution in [-0.2, 0) is 9.53 Å². The van der Waals surface area contributed by atoms with Crippen LogP contribution in [0.5, 0.6) is 11.5 Å². The van der Waals surface area contributed by atoms with Gasteiger partial charge in [-0.3, -0.25) is 9.36 Å². The van der Waals surface area contributed by atoms with Gasteiger partial charge in [0.1, 0.15) is 17.5 Å². The monoisotopic (exact) mass is 582 g/mol. The van der Waals surface area contributed by atoms with E-state index in [0.29, 0.717) is 32.1 Å². The summed E-state index contributed by atoms with van der Waals surface area (Å²) in [6.07, 6.45) is 1.84. The highest BCUT2D eigenvalue weighted by Gasteiger charge is 2.35. The molecule has 2 aromatic heterocycles. The molecule has 6 rings (SSSR count). The van der Waals surface area contributed by atoms with E-state index in [-0.39, 0.29) is 12.2 Å². The smallest absolute Gasteiger partial charge is 0.338 e. The Morgan fingerprint density at radius 1 is 1.02 bits per heavy atom. The number of carbonyl (C=O) groups excluding carboxylic acids is 1. The summed E-state index contributed by atoms with van der Waals surface area (Å²) >= 11 is 2.76. The van der Waals surface area contributed by atoms with Crippen LogP contribution in [0.3, 0.4) is 0 Å². The lowest BCUT2D eigenvalue weighted by atomic mass is 9.97. The molecule has 1 unspecified atom stereocenters. The maximum atomic E-state index is 14.2. The number of benzene rings is 3. The largest absolute Gasteiger partial charge is 0.497 e. The molecule has 9 heteroatoms. The van der Waals surface area contributed by atoms with E-state index in [1.165, 1.54) is 22.7 Å². The highest BCUT2D eigenvalue weighted by atomic mass is 32.1. The van der Waals surface area contributed by atoms with Crippen molar-refractivity contribution in [2.24, 2.45) is 4.99 Å². The van der Waals surface area contributed by atoms with E-state index in [1.807, 2.05) is 84.3 Å². The molecule has 3 aromatic carbocycles. The number of rotatable bonds is 7. The van der Waals surface area contributed by atoms with Gasteiger partial charge in [-0.05, 0) is 53.4 Å². The van der Waals surface area contributed by atoms with Gasteiger partial charge in [0.05, 0.1) is 36.6 Å². The first-order chi connectivity index (χ1) is 20.0. The fourth-order valence-corrected chi connectivity index (χ4v) is 6.85. The van der Waals surface area contributed by atoms with Crippen molar-refractivity contribution in [1.82, 2.24) is 4.57 Å². The third-order valence-electron chi connectivity index (χ3n) is 6.91. The lowest BCUT2D eigenvalue weighted by Gasteiger charge is -2.24. The summed E-state index contributed by atoms with van der Waals surface area (Å²) < 4.78 is 18.8. The molecule has 0 saturated heterocycles. The number of esters is 1. The molecule has 0 aliphatic carbocycles. The Morgan fingerprint density at radius 2 is 1.83 bits per heavy atom. The van der Waals surface area contributed by atoms with Crippen molar-refractivity contribution in [3.63, 3.8) is 0 Å². The Labute approximate surface area is 243 Å². The second-order valence-electron chi connectivity index (χ2n) is 9.22. The maximum absolute atomic E-state index is 14.2. The van der Waals surface area contributed by atoms with Gasteiger partial charge in [0.2, 0.25) is 0 Å². The molecule has 0 bridgehead atoms. The predicted molar refractivity (Wildman–Crippen MR) is 162 cm³/mol. The predicted octanol–water partition coefficient (Wildman–Crippen LogP) is 5.17. The number of ether oxygens (including phenoxy) is 3. The summed E-state index contributed by atoms with van der Waals surface area (Å²) in [5, 5.41) is 3.81. The van der Waals surface area contributed by atoms with Crippen LogP contribution in [0, 0.1) is 0 Å². The first-order valence-corrected chi connectivity index (χ1v) is 14.7. The van der Waals surface area contributed by atoms with Crippen LogP contribution in [0.2, 0.25) is 0 Å². The van der Waals surface area contributed by atoms with Crippen LogP contribution >= 0.6 is 22.7 Å². The van der Waals surface area contributed by atoms with Gasteiger partial charge in [0, 0.05) is 16.0 Å². The zero-order chi connectivity index (χ0) is 28.5. The van der Waals surface area contributed by atoms with Gasteiger partial charge in [-0.2, -0.15) is 0 Å². The fourth-order valence-electron chi connectivity index (χ4n) is 5.04. The van der Waals surface area contributed by atoms with Crippen molar-refractivity contribution in [2.75, 3.05) is 20.8 Å². The molecule has 1 aliphatic heterocycles. The zero-order valence-electron chi connectivity index (χ0n) is 22.6. The number of hydrogen-bond acceptors (Lipinski definition) is 8. The number of thiophene rings is 1. The minimum absolute atomic E-state index is 0.205. The van der Waals surface area contributed by atoms with Gasteiger partial charge in [-0.15, -0.1) is 11.3 Å². The number of nitrogens with zero attached hydrogens (tertiary/aromatic N) is 2. The van der Waals surface area contributed by atoms with Crippen molar-refractivity contribution in [2.45, 2.75) is 13.0 Å². The van der Waals surface area contributed by atoms with Crippen LogP contribution in [0.4, 0.5) is 0 Å². The number of methoxy groups -OCH3 is 2. The molecule has 0 spiro atoms. The molecule has 0 saturated carbocycles. The highest BCUT2D eigenvalue weighted by Crippen LogP contribution is 2.37. The molecule has 5 aromatic rings. The van der Waals surface area contributed by atoms with Gasteiger partial charge >= 0.3 is 5.97 Å². The average Bonchev–Trinajstić information content (AvgIpc) is 3.65. The van der Waals surface area contributed by atoms with Crippen LogP contribution in [0.15, 0.2) is 93.5 Å².